The number of aryl methyl sites for hydroxylation is 1. The molecule has 0 unspecified atom stereocenters. The quantitative estimate of drug-likeness (QED) is 0.654. The molecule has 0 fully saturated rings. The molecule has 0 saturated heterocycles. The lowest BCUT2D eigenvalue weighted by atomic mass is 10.0. The van der Waals surface area contributed by atoms with Gasteiger partial charge in [0.25, 0.3) is 5.91 Å². The number of esters is 1. The van der Waals surface area contributed by atoms with Crippen LogP contribution in [0.1, 0.15) is 30.9 Å². The second kappa shape index (κ2) is 9.62. The number of benzene rings is 2. The first-order valence-corrected chi connectivity index (χ1v) is 9.15. The lowest BCUT2D eigenvalue weighted by Crippen LogP contribution is -2.23. The average molecular weight is 410 g/mol. The van der Waals surface area contributed by atoms with Crippen LogP contribution >= 0.6 is 23.2 Å². The highest BCUT2D eigenvalue weighted by Gasteiger charge is 2.13. The van der Waals surface area contributed by atoms with Crippen molar-refractivity contribution in [2.45, 2.75) is 26.7 Å². The third-order valence-electron chi connectivity index (χ3n) is 3.65. The third-order valence-corrected chi connectivity index (χ3v) is 4.08. The van der Waals surface area contributed by atoms with E-state index < -0.39 is 18.5 Å². The maximum atomic E-state index is 11.9. The second-order valence-corrected chi connectivity index (χ2v) is 7.22. The van der Waals surface area contributed by atoms with Gasteiger partial charge in [0.15, 0.2) is 13.2 Å². The minimum absolute atomic E-state index is 0.256. The highest BCUT2D eigenvalue weighted by atomic mass is 35.5. The number of hydrogen-bond donors (Lipinski definition) is 1. The Morgan fingerprint density at radius 1 is 1.04 bits per heavy atom. The van der Waals surface area contributed by atoms with Crippen LogP contribution in [0.3, 0.4) is 0 Å². The second-order valence-electron chi connectivity index (χ2n) is 6.35. The van der Waals surface area contributed by atoms with Crippen molar-refractivity contribution in [3.05, 3.63) is 57.6 Å². The van der Waals surface area contributed by atoms with Gasteiger partial charge in [-0.15, -0.1) is 0 Å². The molecular formula is C20H21Cl2NO4. The van der Waals surface area contributed by atoms with Crippen LogP contribution in [0.25, 0.3) is 0 Å². The van der Waals surface area contributed by atoms with E-state index in [1.807, 2.05) is 39.0 Å². The van der Waals surface area contributed by atoms with Crippen molar-refractivity contribution < 1.29 is 19.1 Å². The number of carbonyl (C=O) groups excluding carboxylic acids is 2. The van der Waals surface area contributed by atoms with E-state index >= 15 is 0 Å². The molecule has 2 rings (SSSR count). The Labute approximate surface area is 168 Å². The fourth-order valence-electron chi connectivity index (χ4n) is 2.39. The van der Waals surface area contributed by atoms with Crippen LogP contribution in [-0.4, -0.2) is 25.1 Å². The molecule has 0 aliphatic heterocycles. The minimum atomic E-state index is -0.634. The molecule has 27 heavy (non-hydrogen) atoms. The Hall–Kier alpha value is -2.24. The summed E-state index contributed by atoms with van der Waals surface area (Å²) in [4.78, 5) is 23.8. The summed E-state index contributed by atoms with van der Waals surface area (Å²) < 4.78 is 10.5. The smallest absolute Gasteiger partial charge is 0.344 e. The van der Waals surface area contributed by atoms with Crippen LogP contribution in [0.15, 0.2) is 36.4 Å². The van der Waals surface area contributed by atoms with Crippen LogP contribution in [-0.2, 0) is 14.3 Å². The fraction of sp³-hybridized carbons (Fsp3) is 0.300. The highest BCUT2D eigenvalue weighted by Crippen LogP contribution is 2.27. The van der Waals surface area contributed by atoms with E-state index in [1.54, 1.807) is 18.2 Å². The maximum absolute atomic E-state index is 11.9. The third kappa shape index (κ3) is 6.77. The molecule has 0 aromatic heterocycles. The predicted octanol–water partition coefficient (Wildman–Crippen LogP) is 4.99. The largest absolute Gasteiger partial charge is 0.482 e. The van der Waals surface area contributed by atoms with Crippen molar-refractivity contribution in [1.29, 1.82) is 0 Å². The molecule has 7 heteroatoms. The Bertz CT molecular complexity index is 816. The number of ether oxygens (including phenoxy) is 2. The van der Waals surface area contributed by atoms with E-state index in [9.17, 15) is 9.59 Å². The first-order chi connectivity index (χ1) is 12.7. The van der Waals surface area contributed by atoms with E-state index in [2.05, 4.69) is 5.32 Å². The summed E-state index contributed by atoms with van der Waals surface area (Å²) in [6.07, 6.45) is 0. The van der Waals surface area contributed by atoms with Gasteiger partial charge in [-0.2, -0.15) is 0 Å². The summed E-state index contributed by atoms with van der Waals surface area (Å²) in [5.41, 5.74) is 2.46. The predicted molar refractivity (Wildman–Crippen MR) is 107 cm³/mol. The summed E-state index contributed by atoms with van der Waals surface area (Å²) in [5, 5.41) is 3.34. The Kier molecular flexibility index (Phi) is 7.51. The Morgan fingerprint density at radius 3 is 2.33 bits per heavy atom. The van der Waals surface area contributed by atoms with Gasteiger partial charge in [-0.05, 0) is 48.2 Å². The summed E-state index contributed by atoms with van der Waals surface area (Å²) >= 11 is 11.7. The van der Waals surface area contributed by atoms with E-state index in [0.717, 1.165) is 11.1 Å². The number of hydrogen-bond acceptors (Lipinski definition) is 4. The maximum Gasteiger partial charge on any atom is 0.344 e. The van der Waals surface area contributed by atoms with Crippen molar-refractivity contribution in [1.82, 2.24) is 0 Å². The van der Waals surface area contributed by atoms with Crippen molar-refractivity contribution in [3.63, 3.8) is 0 Å². The zero-order valence-electron chi connectivity index (χ0n) is 15.3. The van der Waals surface area contributed by atoms with Crippen LogP contribution in [0.4, 0.5) is 5.69 Å². The summed E-state index contributed by atoms with van der Waals surface area (Å²) in [7, 11) is 0. The molecule has 1 amide bonds. The number of anilines is 1. The van der Waals surface area contributed by atoms with Crippen molar-refractivity contribution in [2.24, 2.45) is 0 Å². The van der Waals surface area contributed by atoms with Crippen LogP contribution in [0, 0.1) is 6.92 Å². The van der Waals surface area contributed by atoms with E-state index in [1.165, 1.54) is 0 Å². The molecule has 0 heterocycles. The Balaban J connectivity index is 1.84. The molecule has 144 valence electrons. The lowest BCUT2D eigenvalue weighted by Gasteiger charge is -2.14. The monoisotopic (exact) mass is 409 g/mol. The minimum Gasteiger partial charge on any atom is -0.482 e. The molecule has 2 aromatic rings. The molecule has 0 bridgehead atoms. The van der Waals surface area contributed by atoms with Gasteiger partial charge < -0.3 is 14.8 Å². The summed E-state index contributed by atoms with van der Waals surface area (Å²) in [6, 6.07) is 10.5. The summed E-state index contributed by atoms with van der Waals surface area (Å²) in [6.45, 7) is 5.32. The van der Waals surface area contributed by atoms with Gasteiger partial charge in [-0.3, -0.25) is 4.79 Å². The average Bonchev–Trinajstić information content (AvgIpc) is 2.57. The number of nitrogens with one attached hydrogen (secondary N) is 1. The van der Waals surface area contributed by atoms with Gasteiger partial charge >= 0.3 is 5.97 Å². The van der Waals surface area contributed by atoms with Crippen LogP contribution in [0.5, 0.6) is 5.75 Å². The molecule has 0 aliphatic rings. The molecular weight excluding hydrogens is 389 g/mol. The molecule has 0 spiro atoms. The standard InChI is InChI=1S/C20H21Cl2NO4/c1-12(2)17-5-4-13(3)6-18(17)26-11-20(25)27-10-19(24)23-16-8-14(21)7-15(22)9-16/h4-9,12H,10-11H2,1-3H3,(H,23,24). The molecule has 1 N–H and O–H groups in total. The first-order valence-electron chi connectivity index (χ1n) is 8.39. The van der Waals surface area contributed by atoms with E-state index in [-0.39, 0.29) is 12.5 Å². The first kappa shape index (κ1) is 21.1. The van der Waals surface area contributed by atoms with Gasteiger partial charge in [0.2, 0.25) is 0 Å². The number of halogens is 2. The fourth-order valence-corrected chi connectivity index (χ4v) is 2.92. The van der Waals surface area contributed by atoms with Crippen molar-refractivity contribution in [2.75, 3.05) is 18.5 Å². The van der Waals surface area contributed by atoms with E-state index in [0.29, 0.717) is 21.5 Å². The van der Waals surface area contributed by atoms with Gasteiger partial charge in [0.05, 0.1) is 0 Å². The van der Waals surface area contributed by atoms with Gasteiger partial charge in [0.1, 0.15) is 5.75 Å². The Morgan fingerprint density at radius 2 is 1.70 bits per heavy atom. The number of amides is 1. The van der Waals surface area contributed by atoms with E-state index in [4.69, 9.17) is 32.7 Å². The van der Waals surface area contributed by atoms with Gasteiger partial charge in [-0.25, -0.2) is 4.79 Å². The van der Waals surface area contributed by atoms with Crippen LogP contribution in [0.2, 0.25) is 10.0 Å². The van der Waals surface area contributed by atoms with Gasteiger partial charge in [-0.1, -0.05) is 49.2 Å². The zero-order valence-corrected chi connectivity index (χ0v) is 16.9. The van der Waals surface area contributed by atoms with Crippen LogP contribution < -0.4 is 10.1 Å². The molecule has 0 saturated carbocycles. The molecule has 0 atom stereocenters. The van der Waals surface area contributed by atoms with Gasteiger partial charge in [0, 0.05) is 15.7 Å². The number of rotatable bonds is 7. The SMILES string of the molecule is Cc1ccc(C(C)C)c(OCC(=O)OCC(=O)Nc2cc(Cl)cc(Cl)c2)c1. The summed E-state index contributed by atoms with van der Waals surface area (Å²) in [5.74, 6) is -0.238. The zero-order chi connectivity index (χ0) is 20.0. The molecule has 5 nitrogen and oxygen atoms in total. The molecule has 0 radical (unpaired) electrons. The lowest BCUT2D eigenvalue weighted by molar-refractivity contribution is -0.149. The molecule has 2 aromatic carbocycles. The number of carbonyl (C=O) groups is 2. The van der Waals surface area contributed by atoms with Crippen molar-refractivity contribution >= 4 is 40.8 Å². The topological polar surface area (TPSA) is 64.6 Å². The highest BCUT2D eigenvalue weighted by molar-refractivity contribution is 6.35. The molecule has 0 aliphatic carbocycles. The van der Waals surface area contributed by atoms with Crippen molar-refractivity contribution in [3.8, 4) is 5.75 Å². The normalized spacial score (nSPS) is 10.6.